The molecule has 0 radical (unpaired) electrons. The van der Waals surface area contributed by atoms with E-state index in [4.69, 9.17) is 20.9 Å². The second kappa shape index (κ2) is 36.8. The smallest absolute Gasteiger partial charge is 0.263 e. The first-order valence-corrected chi connectivity index (χ1v) is 24.8. The van der Waals surface area contributed by atoms with Crippen LogP contribution >= 0.6 is 6.64 Å². The molecule has 0 unspecified atom stereocenters. The molecule has 0 fully saturated rings. The predicted octanol–water partition coefficient (Wildman–Crippen LogP) is 14.8. The van der Waals surface area contributed by atoms with Gasteiger partial charge in [0.05, 0.1) is 40.9 Å². The van der Waals surface area contributed by atoms with Gasteiger partial charge in [0.1, 0.15) is 0 Å². The van der Waals surface area contributed by atoms with Gasteiger partial charge < -0.3 is 13.5 Å². The van der Waals surface area contributed by atoms with E-state index in [0.29, 0.717) is 0 Å². The van der Waals surface area contributed by atoms with Gasteiger partial charge in [0.15, 0.2) is 0 Å². The maximum Gasteiger partial charge on any atom is 0.263 e. The van der Waals surface area contributed by atoms with Crippen molar-refractivity contribution in [1.29, 1.82) is 0 Å². The van der Waals surface area contributed by atoms with Crippen LogP contribution in [0.3, 0.4) is 0 Å². The highest BCUT2D eigenvalue weighted by atomic mass is 32.5. The van der Waals surface area contributed by atoms with E-state index >= 15 is 0 Å². The molecular weight excluding hydrogens is 640 g/mol. The van der Waals surface area contributed by atoms with Crippen LogP contribution in [0.4, 0.5) is 0 Å². The van der Waals surface area contributed by atoms with E-state index in [9.17, 15) is 0 Å². The molecule has 4 nitrogen and oxygen atoms in total. The zero-order valence-corrected chi connectivity index (χ0v) is 36.4. The topological polar surface area (TPSA) is 21.7 Å². The van der Waals surface area contributed by atoms with Crippen LogP contribution in [0.2, 0.25) is 0 Å². The van der Waals surface area contributed by atoms with Crippen molar-refractivity contribution in [3.05, 3.63) is 0 Å². The zero-order valence-electron chi connectivity index (χ0n) is 34.7. The molecule has 0 aromatic heterocycles. The molecule has 0 aliphatic heterocycles. The van der Waals surface area contributed by atoms with E-state index in [2.05, 4.69) is 46.7 Å². The fourth-order valence-electron chi connectivity index (χ4n) is 6.79. The van der Waals surface area contributed by atoms with E-state index in [0.717, 1.165) is 50.0 Å². The fourth-order valence-corrected chi connectivity index (χ4v) is 9.06. The first-order chi connectivity index (χ1) is 23.7. The summed E-state index contributed by atoms with van der Waals surface area (Å²) in [7, 11) is 8.92. The molecule has 0 amide bonds. The number of hydrogen-bond donors (Lipinski definition) is 0. The molecule has 49 heavy (non-hydrogen) atoms. The van der Waals surface area contributed by atoms with Crippen molar-refractivity contribution in [2.45, 2.75) is 226 Å². The molecule has 6 heteroatoms. The second-order valence-electron chi connectivity index (χ2n) is 16.5. The normalized spacial score (nSPS) is 12.5. The van der Waals surface area contributed by atoms with E-state index in [1.807, 2.05) is 0 Å². The van der Waals surface area contributed by atoms with Crippen LogP contribution in [0, 0.1) is 0 Å². The van der Waals surface area contributed by atoms with Crippen LogP contribution in [0.1, 0.15) is 226 Å². The average molecular weight is 732 g/mol. The zero-order chi connectivity index (χ0) is 36.2. The lowest BCUT2D eigenvalue weighted by molar-refractivity contribution is -0.870. The Morgan fingerprint density at radius 3 is 0.898 bits per heavy atom. The van der Waals surface area contributed by atoms with E-state index < -0.39 is 6.64 Å². The lowest BCUT2D eigenvalue weighted by atomic mass is 10.0. The largest absolute Gasteiger partial charge is 0.331 e. The van der Waals surface area contributed by atoms with Crippen molar-refractivity contribution in [2.24, 2.45) is 0 Å². The summed E-state index contributed by atoms with van der Waals surface area (Å²) in [4.78, 5) is 0. The highest BCUT2D eigenvalue weighted by Crippen LogP contribution is 2.51. The Hall–Kier alpha value is 0.490. The van der Waals surface area contributed by atoms with E-state index in [-0.39, 0.29) is 0 Å². The van der Waals surface area contributed by atoms with Crippen molar-refractivity contribution in [2.75, 3.05) is 54.5 Å². The number of unbranched alkanes of at least 4 members (excludes halogenated alkanes) is 30. The number of rotatable bonds is 41. The van der Waals surface area contributed by atoms with Crippen LogP contribution in [0.15, 0.2) is 0 Å². The molecule has 0 aromatic rings. The first kappa shape index (κ1) is 49.5. The minimum Gasteiger partial charge on any atom is -0.331 e. The molecule has 296 valence electrons. The van der Waals surface area contributed by atoms with E-state index in [1.165, 1.54) is 193 Å². The highest BCUT2D eigenvalue weighted by Gasteiger charge is 2.25. The van der Waals surface area contributed by atoms with Crippen LogP contribution in [0.25, 0.3) is 0 Å². The highest BCUT2D eigenvalue weighted by molar-refractivity contribution is 8.08. The SMILES string of the molecule is CCCCCCCCCCCCCCCCCCOP(=S)(OCCCCCCCCCCCCCCCCCC)N(C)CCC[N+](C)(C)C. The molecule has 0 bridgehead atoms. The summed E-state index contributed by atoms with van der Waals surface area (Å²) in [5.74, 6) is 0. The Kier molecular flexibility index (Phi) is 37.2. The lowest BCUT2D eigenvalue weighted by Gasteiger charge is -2.32. The summed E-state index contributed by atoms with van der Waals surface area (Å²) in [6.07, 6.45) is 45.5. The molecule has 0 aromatic carbocycles. The Morgan fingerprint density at radius 2 is 0.653 bits per heavy atom. The molecule has 0 N–H and O–H groups in total. The minimum atomic E-state index is -2.41. The van der Waals surface area contributed by atoms with Gasteiger partial charge >= 0.3 is 0 Å². The summed E-state index contributed by atoms with van der Waals surface area (Å²) in [6, 6.07) is 0. The molecule has 0 heterocycles. The Bertz CT molecular complexity index is 660. The van der Waals surface area contributed by atoms with Gasteiger partial charge in [-0.1, -0.05) is 206 Å². The molecule has 0 rings (SSSR count). The molecule has 0 aliphatic rings. The van der Waals surface area contributed by atoms with Crippen LogP contribution in [0.5, 0.6) is 0 Å². The summed E-state index contributed by atoms with van der Waals surface area (Å²) in [6.45, 7) is 5.76. The third-order valence-electron chi connectivity index (χ3n) is 10.2. The Morgan fingerprint density at radius 1 is 0.408 bits per heavy atom. The van der Waals surface area contributed by atoms with Crippen LogP contribution in [-0.2, 0) is 20.9 Å². The molecule has 0 saturated heterocycles. The standard InChI is InChI=1S/C43H92N2O2PS/c1-7-9-11-13-15-17-19-21-23-25-27-29-31-33-35-37-42-46-48(49,44(3)40-39-41-45(4,5)6)47-43-38-36-34-32-30-28-26-24-22-20-18-16-14-12-10-8-2/h7-43H2,1-6H3/q+1. The van der Waals surface area contributed by atoms with Gasteiger partial charge in [-0.05, 0) is 31.7 Å². The monoisotopic (exact) mass is 732 g/mol. The van der Waals surface area contributed by atoms with E-state index in [1.54, 1.807) is 0 Å². The maximum absolute atomic E-state index is 6.45. The number of hydrogen-bond acceptors (Lipinski definition) is 3. The van der Waals surface area contributed by atoms with Gasteiger partial charge in [0.25, 0.3) is 6.64 Å². The van der Waals surface area contributed by atoms with Gasteiger partial charge in [-0.2, -0.15) is 0 Å². The molecule has 0 aliphatic carbocycles. The number of quaternary nitrogens is 1. The van der Waals surface area contributed by atoms with Crippen LogP contribution in [-0.4, -0.2) is 63.6 Å². The molecule has 0 atom stereocenters. The van der Waals surface area contributed by atoms with Gasteiger partial charge in [-0.25, -0.2) is 4.67 Å². The number of nitrogens with zero attached hydrogens (tertiary/aromatic N) is 2. The lowest BCUT2D eigenvalue weighted by Crippen LogP contribution is -2.36. The van der Waals surface area contributed by atoms with Gasteiger partial charge in [-0.15, -0.1) is 0 Å². The van der Waals surface area contributed by atoms with Crippen molar-refractivity contribution in [1.82, 2.24) is 4.67 Å². The minimum absolute atomic E-state index is 0.744. The molecule has 0 spiro atoms. The maximum atomic E-state index is 6.45. The Balaban J connectivity index is 4.01. The first-order valence-electron chi connectivity index (χ1n) is 22.2. The third-order valence-corrected chi connectivity index (χ3v) is 13.8. The fraction of sp³-hybridized carbons (Fsp3) is 1.00. The van der Waals surface area contributed by atoms with Crippen molar-refractivity contribution in [3.8, 4) is 0 Å². The summed E-state index contributed by atoms with van der Waals surface area (Å²) in [5.41, 5.74) is 0. The third kappa shape index (κ3) is 36.6. The summed E-state index contributed by atoms with van der Waals surface area (Å²) >= 11 is 6.14. The van der Waals surface area contributed by atoms with Gasteiger partial charge in [0.2, 0.25) is 0 Å². The van der Waals surface area contributed by atoms with Crippen molar-refractivity contribution >= 4 is 18.4 Å². The van der Waals surface area contributed by atoms with Gasteiger partial charge in [-0.3, -0.25) is 0 Å². The van der Waals surface area contributed by atoms with Crippen LogP contribution < -0.4 is 0 Å². The summed E-state index contributed by atoms with van der Waals surface area (Å²) in [5, 5.41) is 0. The average Bonchev–Trinajstić information content (AvgIpc) is 3.07. The Labute approximate surface area is 315 Å². The van der Waals surface area contributed by atoms with Crippen molar-refractivity contribution < 1.29 is 13.5 Å². The molecule has 0 saturated carbocycles. The predicted molar refractivity (Wildman–Crippen MR) is 225 cm³/mol. The van der Waals surface area contributed by atoms with Crippen molar-refractivity contribution in [3.63, 3.8) is 0 Å². The van der Waals surface area contributed by atoms with Gasteiger partial charge in [0, 0.05) is 13.0 Å². The summed E-state index contributed by atoms with van der Waals surface area (Å²) < 4.78 is 16.1. The second-order valence-corrected chi connectivity index (χ2v) is 20.0. The molecular formula is C43H92N2O2PS+. The quantitative estimate of drug-likeness (QED) is 0.0354.